The zero-order valence-corrected chi connectivity index (χ0v) is 19.0. The third-order valence-electron chi connectivity index (χ3n) is 6.11. The molecule has 1 atom stereocenters. The second kappa shape index (κ2) is 11.5. The summed E-state index contributed by atoms with van der Waals surface area (Å²) in [6.45, 7) is 9.11. The van der Waals surface area contributed by atoms with E-state index in [1.807, 2.05) is 48.2 Å². The lowest BCUT2D eigenvalue weighted by atomic mass is 10.1. The molecule has 2 aromatic carbocycles. The van der Waals surface area contributed by atoms with E-state index in [0.717, 1.165) is 74.7 Å². The van der Waals surface area contributed by atoms with Gasteiger partial charge < -0.3 is 19.1 Å². The zero-order chi connectivity index (χ0) is 22.2. The summed E-state index contributed by atoms with van der Waals surface area (Å²) in [5.74, 6) is 0.906. The van der Waals surface area contributed by atoms with Gasteiger partial charge in [-0.15, -0.1) is 0 Å². The highest BCUT2D eigenvalue weighted by atomic mass is 16.5. The van der Waals surface area contributed by atoms with Crippen molar-refractivity contribution in [2.45, 2.75) is 32.4 Å². The van der Waals surface area contributed by atoms with Gasteiger partial charge in [0.25, 0.3) is 5.91 Å². The van der Waals surface area contributed by atoms with Gasteiger partial charge in [-0.05, 0) is 49.6 Å². The van der Waals surface area contributed by atoms with Crippen LogP contribution in [0.25, 0.3) is 0 Å². The maximum Gasteiger partial charge on any atom is 0.254 e. The Balaban J connectivity index is 1.35. The standard InChI is InChI=1S/C26H34N2O4/c1-21-4-8-23(9-5-21)26(29)28(20-25-3-2-15-31-25)19-22-6-10-24(11-7-22)32-18-14-27-12-16-30-17-13-27/h4-11,25H,2-3,12-20H2,1H3/t25-/m0/s1. The summed E-state index contributed by atoms with van der Waals surface area (Å²) < 4.78 is 17.1. The molecule has 0 unspecified atom stereocenters. The van der Waals surface area contributed by atoms with Crippen LogP contribution in [0.2, 0.25) is 0 Å². The summed E-state index contributed by atoms with van der Waals surface area (Å²) >= 11 is 0. The fourth-order valence-corrected chi connectivity index (χ4v) is 4.16. The molecule has 2 aliphatic heterocycles. The van der Waals surface area contributed by atoms with Crippen LogP contribution in [-0.4, -0.2) is 74.4 Å². The largest absolute Gasteiger partial charge is 0.492 e. The second-order valence-corrected chi connectivity index (χ2v) is 8.63. The Bertz CT molecular complexity index is 841. The lowest BCUT2D eigenvalue weighted by Gasteiger charge is -2.26. The summed E-state index contributed by atoms with van der Waals surface area (Å²) in [5.41, 5.74) is 2.96. The molecule has 0 aliphatic carbocycles. The molecule has 2 heterocycles. The number of nitrogens with zero attached hydrogens (tertiary/aromatic N) is 2. The van der Waals surface area contributed by atoms with Gasteiger partial charge >= 0.3 is 0 Å². The number of benzene rings is 2. The van der Waals surface area contributed by atoms with E-state index in [4.69, 9.17) is 14.2 Å². The molecular formula is C26H34N2O4. The number of hydrogen-bond acceptors (Lipinski definition) is 5. The lowest BCUT2D eigenvalue weighted by molar-refractivity contribution is 0.0322. The average molecular weight is 439 g/mol. The van der Waals surface area contributed by atoms with Gasteiger partial charge in [-0.3, -0.25) is 9.69 Å². The first-order valence-electron chi connectivity index (χ1n) is 11.7. The van der Waals surface area contributed by atoms with Gasteiger partial charge in [-0.25, -0.2) is 0 Å². The van der Waals surface area contributed by atoms with Crippen LogP contribution in [0.5, 0.6) is 5.75 Å². The van der Waals surface area contributed by atoms with Gasteiger partial charge in [0.05, 0.1) is 19.3 Å². The highest BCUT2D eigenvalue weighted by Crippen LogP contribution is 2.19. The fourth-order valence-electron chi connectivity index (χ4n) is 4.16. The summed E-state index contributed by atoms with van der Waals surface area (Å²) in [6, 6.07) is 15.9. The zero-order valence-electron chi connectivity index (χ0n) is 19.0. The monoisotopic (exact) mass is 438 g/mol. The van der Waals surface area contributed by atoms with Crippen LogP contribution >= 0.6 is 0 Å². The number of aryl methyl sites for hydroxylation is 1. The second-order valence-electron chi connectivity index (χ2n) is 8.63. The van der Waals surface area contributed by atoms with E-state index in [-0.39, 0.29) is 12.0 Å². The van der Waals surface area contributed by atoms with Crippen molar-refractivity contribution in [1.82, 2.24) is 9.80 Å². The molecular weight excluding hydrogens is 404 g/mol. The van der Waals surface area contributed by atoms with Crippen molar-refractivity contribution in [3.63, 3.8) is 0 Å². The molecule has 0 bridgehead atoms. The minimum absolute atomic E-state index is 0.0475. The molecule has 172 valence electrons. The minimum atomic E-state index is 0.0475. The SMILES string of the molecule is Cc1ccc(C(=O)N(Cc2ccc(OCCN3CCOCC3)cc2)C[C@@H]2CCCO2)cc1. The maximum absolute atomic E-state index is 13.2. The highest BCUT2D eigenvalue weighted by Gasteiger charge is 2.23. The number of ether oxygens (including phenoxy) is 3. The molecule has 6 nitrogen and oxygen atoms in total. The number of carbonyl (C=O) groups is 1. The minimum Gasteiger partial charge on any atom is -0.492 e. The first-order valence-corrected chi connectivity index (χ1v) is 11.7. The smallest absolute Gasteiger partial charge is 0.254 e. The van der Waals surface area contributed by atoms with Gasteiger partial charge in [0, 0.05) is 44.9 Å². The number of carbonyl (C=O) groups excluding carboxylic acids is 1. The van der Waals surface area contributed by atoms with Gasteiger partial charge in [-0.2, -0.15) is 0 Å². The quantitative estimate of drug-likeness (QED) is 0.600. The van der Waals surface area contributed by atoms with E-state index in [0.29, 0.717) is 19.7 Å². The Morgan fingerprint density at radius 2 is 1.81 bits per heavy atom. The van der Waals surface area contributed by atoms with Gasteiger partial charge in [0.1, 0.15) is 12.4 Å². The van der Waals surface area contributed by atoms with Gasteiger partial charge in [0.15, 0.2) is 0 Å². The highest BCUT2D eigenvalue weighted by molar-refractivity contribution is 5.94. The van der Waals surface area contributed by atoms with Crippen molar-refractivity contribution in [2.24, 2.45) is 0 Å². The first-order chi connectivity index (χ1) is 15.7. The lowest BCUT2D eigenvalue weighted by Crippen LogP contribution is -2.38. The molecule has 32 heavy (non-hydrogen) atoms. The Kier molecular flexibility index (Phi) is 8.15. The summed E-state index contributed by atoms with van der Waals surface area (Å²) in [4.78, 5) is 17.5. The molecule has 0 saturated carbocycles. The van der Waals surface area contributed by atoms with E-state index in [2.05, 4.69) is 17.0 Å². The van der Waals surface area contributed by atoms with E-state index in [1.54, 1.807) is 0 Å². The van der Waals surface area contributed by atoms with Crippen molar-refractivity contribution in [2.75, 3.05) is 52.6 Å². The van der Waals surface area contributed by atoms with Crippen LogP contribution in [0.1, 0.15) is 34.3 Å². The molecule has 4 rings (SSSR count). The molecule has 0 aromatic heterocycles. The van der Waals surface area contributed by atoms with Crippen molar-refractivity contribution in [3.05, 3.63) is 65.2 Å². The summed E-state index contributed by atoms with van der Waals surface area (Å²) in [5, 5.41) is 0. The molecule has 0 radical (unpaired) electrons. The van der Waals surface area contributed by atoms with E-state index >= 15 is 0 Å². The topological polar surface area (TPSA) is 51.2 Å². The predicted molar refractivity (Wildman–Crippen MR) is 124 cm³/mol. The molecule has 1 amide bonds. The predicted octanol–water partition coefficient (Wildman–Crippen LogP) is 3.53. The molecule has 0 spiro atoms. The Hall–Kier alpha value is -2.41. The molecule has 2 fully saturated rings. The van der Waals surface area contributed by atoms with Crippen LogP contribution < -0.4 is 4.74 Å². The van der Waals surface area contributed by atoms with Crippen LogP contribution in [-0.2, 0) is 16.0 Å². The number of rotatable bonds is 9. The Labute approximate surface area is 191 Å². The van der Waals surface area contributed by atoms with E-state index in [1.165, 1.54) is 0 Å². The number of morpholine rings is 1. The number of hydrogen-bond donors (Lipinski definition) is 0. The molecule has 6 heteroatoms. The Morgan fingerprint density at radius 3 is 2.50 bits per heavy atom. The van der Waals surface area contributed by atoms with E-state index in [9.17, 15) is 4.79 Å². The summed E-state index contributed by atoms with van der Waals surface area (Å²) in [7, 11) is 0. The molecule has 2 aliphatic rings. The van der Waals surface area contributed by atoms with Gasteiger partial charge in [-0.1, -0.05) is 29.8 Å². The normalized spacial score (nSPS) is 19.1. The van der Waals surface area contributed by atoms with Crippen LogP contribution in [0, 0.1) is 6.92 Å². The van der Waals surface area contributed by atoms with E-state index < -0.39 is 0 Å². The van der Waals surface area contributed by atoms with Crippen molar-refractivity contribution in [3.8, 4) is 5.75 Å². The van der Waals surface area contributed by atoms with Crippen LogP contribution in [0.15, 0.2) is 48.5 Å². The third-order valence-corrected chi connectivity index (χ3v) is 6.11. The Morgan fingerprint density at radius 1 is 1.06 bits per heavy atom. The number of amides is 1. The maximum atomic E-state index is 13.2. The molecule has 0 N–H and O–H groups in total. The first kappa shape index (κ1) is 22.8. The van der Waals surface area contributed by atoms with Gasteiger partial charge in [0.2, 0.25) is 0 Å². The van der Waals surface area contributed by atoms with Crippen molar-refractivity contribution >= 4 is 5.91 Å². The van der Waals surface area contributed by atoms with Crippen LogP contribution in [0.4, 0.5) is 0 Å². The van der Waals surface area contributed by atoms with Crippen LogP contribution in [0.3, 0.4) is 0 Å². The average Bonchev–Trinajstić information content (AvgIpc) is 3.34. The van der Waals surface area contributed by atoms with Crippen molar-refractivity contribution < 1.29 is 19.0 Å². The molecule has 2 saturated heterocycles. The summed E-state index contributed by atoms with van der Waals surface area (Å²) in [6.07, 6.45) is 2.19. The van der Waals surface area contributed by atoms with Crippen molar-refractivity contribution in [1.29, 1.82) is 0 Å². The fraction of sp³-hybridized carbons (Fsp3) is 0.500. The third kappa shape index (κ3) is 6.55. The molecule has 2 aromatic rings.